The number of rotatable bonds is 0. The van der Waals surface area contributed by atoms with Gasteiger partial charge >= 0.3 is 73.1 Å². The van der Waals surface area contributed by atoms with Gasteiger partial charge in [0, 0.05) is 0 Å². The second-order valence-corrected chi connectivity index (χ2v) is 0. The minimum Gasteiger partial charge on any atom is -2.00 e. The molecular formula is HKO2Ti. The molecule has 0 heterocycles. The van der Waals surface area contributed by atoms with Gasteiger partial charge in [-0.25, -0.2) is 0 Å². The molecule has 0 unspecified atom stereocenters. The molecule has 4 heteroatoms. The summed E-state index contributed by atoms with van der Waals surface area (Å²) in [7, 11) is 0. The number of hydrogen-bond acceptors (Lipinski definition) is 0. The molecule has 0 aliphatic rings. The molecule has 0 aromatic heterocycles. The molecule has 4 heavy (non-hydrogen) atoms. The van der Waals surface area contributed by atoms with Gasteiger partial charge in [-0.1, -0.05) is 0 Å². The van der Waals surface area contributed by atoms with Crippen molar-refractivity contribution < 1.29 is 32.7 Å². The molecule has 0 aliphatic carbocycles. The van der Waals surface area contributed by atoms with E-state index < -0.39 is 0 Å². The Morgan fingerprint density at radius 2 is 0.750 bits per heavy atom. The first-order chi connectivity index (χ1) is 0. The zero-order valence-electron chi connectivity index (χ0n) is 1.32. The van der Waals surface area contributed by atoms with E-state index in [1.54, 1.807) is 0 Å². The third-order valence-corrected chi connectivity index (χ3v) is 0. The van der Waals surface area contributed by atoms with Gasteiger partial charge in [0.05, 0.1) is 0 Å². The van der Waals surface area contributed by atoms with E-state index in [-0.39, 0.29) is 84.1 Å². The number of hydrogen-bond donors (Lipinski definition) is 0. The summed E-state index contributed by atoms with van der Waals surface area (Å²) in [6.07, 6.45) is 0. The van der Waals surface area contributed by atoms with Gasteiger partial charge < -0.3 is 11.0 Å². The van der Waals surface area contributed by atoms with E-state index in [2.05, 4.69) is 0 Å². The smallest absolute Gasteiger partial charge is 2.00 e. The maximum atomic E-state index is 0. The summed E-state index contributed by atoms with van der Waals surface area (Å²) < 4.78 is 0. The van der Waals surface area contributed by atoms with E-state index in [1.807, 2.05) is 0 Å². The molecule has 0 radical (unpaired) electrons. The fourth-order valence-electron chi connectivity index (χ4n) is 0. The van der Waals surface area contributed by atoms with Crippen molar-refractivity contribution in [3.63, 3.8) is 0 Å². The van der Waals surface area contributed by atoms with Crippen LogP contribution >= 0.6 is 0 Å². The van der Waals surface area contributed by atoms with Gasteiger partial charge in [-0.3, -0.25) is 0 Å². The van der Waals surface area contributed by atoms with Gasteiger partial charge in [-0.05, 0) is 0 Å². The summed E-state index contributed by atoms with van der Waals surface area (Å²) in [5, 5.41) is 0. The van der Waals surface area contributed by atoms with Crippen molar-refractivity contribution >= 4 is 51.4 Å². The predicted octanol–water partition coefficient (Wildman–Crippen LogP) is -0.889. The summed E-state index contributed by atoms with van der Waals surface area (Å²) in [5.41, 5.74) is 0. The second-order valence-electron chi connectivity index (χ2n) is 0. The molecule has 2 nitrogen and oxygen atoms in total. The van der Waals surface area contributed by atoms with Crippen LogP contribution in [0.4, 0.5) is 0 Å². The van der Waals surface area contributed by atoms with E-state index in [9.17, 15) is 0 Å². The molecule has 0 spiro atoms. The molecule has 0 aliphatic heterocycles. The van der Waals surface area contributed by atoms with Crippen LogP contribution in [0.15, 0.2) is 0 Å². The quantitative estimate of drug-likeness (QED) is 0.372. The van der Waals surface area contributed by atoms with Gasteiger partial charge in [-0.15, -0.1) is 0 Å². The van der Waals surface area contributed by atoms with Crippen molar-refractivity contribution in [2.45, 2.75) is 0 Å². The Kier molecular flexibility index (Phi) is 157. The summed E-state index contributed by atoms with van der Waals surface area (Å²) in [6, 6.07) is 0. The van der Waals surface area contributed by atoms with Crippen LogP contribution in [0, 0.1) is 0 Å². The van der Waals surface area contributed by atoms with Gasteiger partial charge in [0.15, 0.2) is 0 Å². The topological polar surface area (TPSA) is 57.0 Å². The van der Waals surface area contributed by atoms with Gasteiger partial charge in [0.25, 0.3) is 0 Å². The molecule has 0 N–H and O–H groups in total. The summed E-state index contributed by atoms with van der Waals surface area (Å²) in [4.78, 5) is 0. The Bertz CT molecular complexity index is 6.00. The molecule has 0 aromatic carbocycles. The first kappa shape index (κ1) is 33.8. The van der Waals surface area contributed by atoms with E-state index in [0.29, 0.717) is 0 Å². The summed E-state index contributed by atoms with van der Waals surface area (Å²) in [5.74, 6) is 0. The standard InChI is InChI=1S/K.2O.Ti.H/q;2*-2;+4;. The normalized spacial score (nSPS) is 0. The monoisotopic (exact) mass is 120 g/mol. The third-order valence-electron chi connectivity index (χ3n) is 0. The van der Waals surface area contributed by atoms with Crippen molar-refractivity contribution in [1.82, 2.24) is 0 Å². The van der Waals surface area contributed by atoms with Crippen LogP contribution in [0.1, 0.15) is 0 Å². The van der Waals surface area contributed by atoms with Gasteiger partial charge in [0.2, 0.25) is 0 Å². The largest absolute Gasteiger partial charge is 4.00 e. The first-order valence-electron chi connectivity index (χ1n) is 0. The maximum absolute atomic E-state index is 0. The van der Waals surface area contributed by atoms with Crippen LogP contribution < -0.4 is 0 Å². The Morgan fingerprint density at radius 3 is 0.750 bits per heavy atom. The Labute approximate surface area is 82.3 Å². The molecule has 0 aromatic rings. The van der Waals surface area contributed by atoms with E-state index in [4.69, 9.17) is 0 Å². The Morgan fingerprint density at radius 1 is 0.750 bits per heavy atom. The molecule has 0 saturated heterocycles. The van der Waals surface area contributed by atoms with Gasteiger partial charge in [0.1, 0.15) is 0 Å². The van der Waals surface area contributed by atoms with Crippen molar-refractivity contribution in [2.24, 2.45) is 0 Å². The summed E-state index contributed by atoms with van der Waals surface area (Å²) in [6.45, 7) is 0. The van der Waals surface area contributed by atoms with Crippen molar-refractivity contribution in [3.05, 3.63) is 0 Å². The van der Waals surface area contributed by atoms with Crippen molar-refractivity contribution in [2.75, 3.05) is 0 Å². The molecule has 18 valence electrons. The molecular weight excluding hydrogens is 119 g/mol. The van der Waals surface area contributed by atoms with Crippen molar-refractivity contribution in [3.8, 4) is 0 Å². The third kappa shape index (κ3) is 8.86. The van der Waals surface area contributed by atoms with E-state index in [1.165, 1.54) is 0 Å². The minimum absolute atomic E-state index is 0. The van der Waals surface area contributed by atoms with E-state index >= 15 is 0 Å². The van der Waals surface area contributed by atoms with Crippen LogP contribution in [0.5, 0.6) is 0 Å². The maximum Gasteiger partial charge on any atom is 4.00 e. The zero-order valence-corrected chi connectivity index (χ0v) is 2.88. The van der Waals surface area contributed by atoms with E-state index in [0.717, 1.165) is 0 Å². The zero-order chi connectivity index (χ0) is 0. The molecule has 0 atom stereocenters. The molecule has 0 amide bonds. The van der Waals surface area contributed by atoms with Crippen LogP contribution in [-0.2, 0) is 32.7 Å². The molecule has 0 fully saturated rings. The Balaban J connectivity index is 0. The fraction of sp³-hybridized carbons (Fsp3) is 0. The first-order valence-corrected chi connectivity index (χ1v) is 0. The predicted molar refractivity (Wildman–Crippen MR) is 8.52 cm³/mol. The van der Waals surface area contributed by atoms with Gasteiger partial charge in [-0.2, -0.15) is 0 Å². The fourth-order valence-corrected chi connectivity index (χ4v) is 0. The molecule has 0 saturated carbocycles. The van der Waals surface area contributed by atoms with Crippen LogP contribution in [0.3, 0.4) is 0 Å². The summed E-state index contributed by atoms with van der Waals surface area (Å²) >= 11 is 0. The van der Waals surface area contributed by atoms with Crippen LogP contribution in [-0.4, -0.2) is 51.4 Å². The average Bonchev–Trinajstić information content (AvgIpc) is 0. The van der Waals surface area contributed by atoms with Crippen molar-refractivity contribution in [1.29, 1.82) is 0 Å². The molecule has 0 bridgehead atoms. The minimum atomic E-state index is 0. The van der Waals surface area contributed by atoms with Crippen LogP contribution in [0.25, 0.3) is 0 Å². The van der Waals surface area contributed by atoms with Crippen LogP contribution in [0.2, 0.25) is 0 Å². The Hall–Kier alpha value is 2.27. The molecule has 0 rings (SSSR count). The SMILES string of the molecule is [KH].[O-2].[O-2].[Ti+4]. The second kappa shape index (κ2) is 18.6. The average molecular weight is 120 g/mol.